The minimum Gasteiger partial charge on any atom is -0.338 e. The van der Waals surface area contributed by atoms with Gasteiger partial charge in [-0.15, -0.1) is 11.3 Å². The predicted molar refractivity (Wildman–Crippen MR) is 141 cm³/mol. The van der Waals surface area contributed by atoms with Crippen LogP contribution in [0.1, 0.15) is 40.3 Å². The molecule has 0 radical (unpaired) electrons. The van der Waals surface area contributed by atoms with Gasteiger partial charge in [0.25, 0.3) is 5.56 Å². The molecule has 35 heavy (non-hydrogen) atoms. The quantitative estimate of drug-likeness (QED) is 0.209. The molecule has 0 unspecified atom stereocenters. The minimum atomic E-state index is 0.00799. The molecule has 8 heteroatoms. The van der Waals surface area contributed by atoms with Crippen LogP contribution in [0.4, 0.5) is 0 Å². The monoisotopic (exact) mass is 500 g/mol. The summed E-state index contributed by atoms with van der Waals surface area (Å²) in [5.74, 6) is 1.50. The van der Waals surface area contributed by atoms with Crippen molar-refractivity contribution in [2.45, 2.75) is 50.4 Å². The van der Waals surface area contributed by atoms with Crippen molar-refractivity contribution in [1.29, 1.82) is 0 Å². The third kappa shape index (κ3) is 4.10. The smallest absolute Gasteiger partial charge is 0.267 e. The first kappa shape index (κ1) is 22.2. The Kier molecular flexibility index (Phi) is 5.78. The third-order valence-corrected chi connectivity index (χ3v) is 8.51. The second-order valence-electron chi connectivity index (χ2n) is 8.88. The first-order valence-corrected chi connectivity index (χ1v) is 13.5. The van der Waals surface area contributed by atoms with Gasteiger partial charge in [-0.25, -0.2) is 4.98 Å². The van der Waals surface area contributed by atoms with Gasteiger partial charge < -0.3 is 4.52 Å². The second-order valence-corrected chi connectivity index (χ2v) is 10.9. The van der Waals surface area contributed by atoms with Crippen LogP contribution in [0.3, 0.4) is 0 Å². The summed E-state index contributed by atoms with van der Waals surface area (Å²) in [4.78, 5) is 25.6. The van der Waals surface area contributed by atoms with Crippen LogP contribution in [0.2, 0.25) is 0 Å². The number of thioether (sulfide) groups is 1. The van der Waals surface area contributed by atoms with Crippen molar-refractivity contribution in [2.24, 2.45) is 0 Å². The van der Waals surface area contributed by atoms with Crippen molar-refractivity contribution in [3.05, 3.63) is 86.3 Å². The Morgan fingerprint density at radius 1 is 1.06 bits per heavy atom. The van der Waals surface area contributed by atoms with Crippen LogP contribution in [0, 0.1) is 13.8 Å². The number of benzene rings is 2. The summed E-state index contributed by atoms with van der Waals surface area (Å²) in [6.45, 7) is 4.06. The molecule has 0 saturated carbocycles. The maximum atomic E-state index is 13.9. The van der Waals surface area contributed by atoms with E-state index in [9.17, 15) is 4.79 Å². The molecule has 0 N–H and O–H groups in total. The highest BCUT2D eigenvalue weighted by Crippen LogP contribution is 2.35. The average molecular weight is 501 g/mol. The van der Waals surface area contributed by atoms with Crippen molar-refractivity contribution in [1.82, 2.24) is 19.7 Å². The molecule has 0 saturated heterocycles. The standard InChI is InChI=1S/C27H24N4O2S2/c1-16-8-7-10-18(14-16)31-26(32)23-20-12-5-6-13-21(20)35-25(23)29-27(31)34-15-22-28-24(30-33-22)19-11-4-3-9-17(19)2/h3-4,7-11,14H,5-6,12-13,15H2,1-2H3. The number of aryl methyl sites for hydroxylation is 4. The first-order chi connectivity index (χ1) is 17.1. The lowest BCUT2D eigenvalue weighted by atomic mass is 9.97. The van der Waals surface area contributed by atoms with E-state index < -0.39 is 0 Å². The van der Waals surface area contributed by atoms with E-state index in [2.05, 4.69) is 10.1 Å². The normalized spacial score (nSPS) is 13.3. The van der Waals surface area contributed by atoms with E-state index in [1.54, 1.807) is 15.9 Å². The number of hydrogen-bond donors (Lipinski definition) is 0. The van der Waals surface area contributed by atoms with Crippen molar-refractivity contribution >= 4 is 33.3 Å². The van der Waals surface area contributed by atoms with Crippen LogP contribution in [0.5, 0.6) is 0 Å². The molecule has 1 aliphatic rings. The Morgan fingerprint density at radius 2 is 1.91 bits per heavy atom. The van der Waals surface area contributed by atoms with Gasteiger partial charge in [0.05, 0.1) is 16.8 Å². The lowest BCUT2D eigenvalue weighted by Gasteiger charge is -2.13. The zero-order valence-electron chi connectivity index (χ0n) is 19.6. The molecule has 1 aliphatic carbocycles. The molecule has 0 aliphatic heterocycles. The molecule has 0 amide bonds. The molecule has 0 bridgehead atoms. The van der Waals surface area contributed by atoms with Crippen LogP contribution in [-0.4, -0.2) is 19.7 Å². The van der Waals surface area contributed by atoms with Crippen LogP contribution in [0.25, 0.3) is 27.3 Å². The van der Waals surface area contributed by atoms with E-state index in [-0.39, 0.29) is 5.56 Å². The lowest BCUT2D eigenvalue weighted by molar-refractivity contribution is 0.391. The van der Waals surface area contributed by atoms with Gasteiger partial charge in [0, 0.05) is 10.4 Å². The summed E-state index contributed by atoms with van der Waals surface area (Å²) in [6.07, 6.45) is 4.29. The summed E-state index contributed by atoms with van der Waals surface area (Å²) in [5, 5.41) is 5.61. The fraction of sp³-hybridized carbons (Fsp3) is 0.259. The van der Waals surface area contributed by atoms with Crippen molar-refractivity contribution in [2.75, 3.05) is 0 Å². The van der Waals surface area contributed by atoms with E-state index in [1.807, 2.05) is 62.4 Å². The molecule has 0 atom stereocenters. The molecule has 0 fully saturated rings. The highest BCUT2D eigenvalue weighted by atomic mass is 32.2. The Morgan fingerprint density at radius 3 is 2.77 bits per heavy atom. The van der Waals surface area contributed by atoms with Gasteiger partial charge >= 0.3 is 0 Å². The average Bonchev–Trinajstić information content (AvgIpc) is 3.47. The van der Waals surface area contributed by atoms with Gasteiger partial charge in [-0.3, -0.25) is 9.36 Å². The summed E-state index contributed by atoms with van der Waals surface area (Å²) < 4.78 is 7.30. The summed E-state index contributed by atoms with van der Waals surface area (Å²) in [7, 11) is 0. The van der Waals surface area contributed by atoms with Gasteiger partial charge in [0.1, 0.15) is 4.83 Å². The molecule has 0 spiro atoms. The maximum absolute atomic E-state index is 13.9. The Hall–Kier alpha value is -3.23. The molecular weight excluding hydrogens is 476 g/mol. The number of aromatic nitrogens is 4. The highest BCUT2D eigenvalue weighted by Gasteiger charge is 2.23. The zero-order chi connectivity index (χ0) is 23.9. The van der Waals surface area contributed by atoms with E-state index in [1.165, 1.54) is 28.6 Å². The van der Waals surface area contributed by atoms with Crippen LogP contribution >= 0.6 is 23.1 Å². The van der Waals surface area contributed by atoms with E-state index in [4.69, 9.17) is 9.51 Å². The van der Waals surface area contributed by atoms with Crippen LogP contribution in [-0.2, 0) is 18.6 Å². The fourth-order valence-electron chi connectivity index (χ4n) is 4.65. The van der Waals surface area contributed by atoms with Gasteiger partial charge in [-0.2, -0.15) is 4.98 Å². The maximum Gasteiger partial charge on any atom is 0.267 e. The third-order valence-electron chi connectivity index (χ3n) is 6.40. The molecular formula is C27H24N4O2S2. The predicted octanol–water partition coefficient (Wildman–Crippen LogP) is 6.29. The highest BCUT2D eigenvalue weighted by molar-refractivity contribution is 7.98. The number of thiophene rings is 1. The molecule has 3 aromatic heterocycles. The second kappa shape index (κ2) is 9.09. The molecule has 6 nitrogen and oxygen atoms in total. The van der Waals surface area contributed by atoms with E-state index >= 15 is 0 Å². The number of hydrogen-bond acceptors (Lipinski definition) is 7. The molecule has 6 rings (SSSR count). The molecule has 2 aromatic carbocycles. The molecule has 176 valence electrons. The number of rotatable bonds is 5. The molecule has 5 aromatic rings. The van der Waals surface area contributed by atoms with Gasteiger partial charge in [0.15, 0.2) is 5.16 Å². The minimum absolute atomic E-state index is 0.00799. The van der Waals surface area contributed by atoms with Gasteiger partial charge in [-0.05, 0) is 68.4 Å². The van der Waals surface area contributed by atoms with Gasteiger partial charge in [-0.1, -0.05) is 53.3 Å². The van der Waals surface area contributed by atoms with E-state index in [0.717, 1.165) is 51.9 Å². The van der Waals surface area contributed by atoms with E-state index in [0.29, 0.717) is 22.6 Å². The Labute approximate surface area is 211 Å². The Bertz CT molecular complexity index is 1620. The van der Waals surface area contributed by atoms with Crippen molar-refractivity contribution in [3.8, 4) is 17.1 Å². The topological polar surface area (TPSA) is 73.8 Å². The molecule has 3 heterocycles. The van der Waals surface area contributed by atoms with Gasteiger partial charge in [0.2, 0.25) is 11.7 Å². The number of fused-ring (bicyclic) bond motifs is 3. The Balaban J connectivity index is 1.41. The number of nitrogens with zero attached hydrogens (tertiary/aromatic N) is 4. The fourth-order valence-corrected chi connectivity index (χ4v) is 6.80. The summed E-state index contributed by atoms with van der Waals surface area (Å²) in [5.41, 5.74) is 5.17. The lowest BCUT2D eigenvalue weighted by Crippen LogP contribution is -2.22. The zero-order valence-corrected chi connectivity index (χ0v) is 21.2. The summed E-state index contributed by atoms with van der Waals surface area (Å²) >= 11 is 3.12. The SMILES string of the molecule is Cc1cccc(-n2c(SCc3nc(-c4ccccc4C)no3)nc3sc4c(c3c2=O)CCCC4)c1. The largest absolute Gasteiger partial charge is 0.338 e. The summed E-state index contributed by atoms with van der Waals surface area (Å²) in [6, 6.07) is 16.0. The van der Waals surface area contributed by atoms with Crippen LogP contribution in [0.15, 0.2) is 63.0 Å². The van der Waals surface area contributed by atoms with Crippen LogP contribution < -0.4 is 5.56 Å². The van der Waals surface area contributed by atoms with Crippen molar-refractivity contribution < 1.29 is 4.52 Å². The van der Waals surface area contributed by atoms with Crippen molar-refractivity contribution in [3.63, 3.8) is 0 Å². The first-order valence-electron chi connectivity index (χ1n) is 11.7.